The fourth-order valence-corrected chi connectivity index (χ4v) is 5.43. The molecular formula is C27H23N3O3S. The molecule has 0 aliphatic carbocycles. The smallest absolute Gasteiger partial charge is 0.259 e. The summed E-state index contributed by atoms with van der Waals surface area (Å²) in [5, 5.41) is 8.49. The summed E-state index contributed by atoms with van der Waals surface area (Å²) in [6.45, 7) is 0. The van der Waals surface area contributed by atoms with Crippen molar-refractivity contribution in [2.45, 2.75) is 11.6 Å². The number of ether oxygens (including phenoxy) is 1. The maximum Gasteiger partial charge on any atom is 0.259 e. The molecule has 2 unspecified atom stereocenters. The minimum Gasteiger partial charge on any atom is -0.497 e. The lowest BCUT2D eigenvalue weighted by Gasteiger charge is -2.38. The highest BCUT2D eigenvalue weighted by atomic mass is 32.1. The summed E-state index contributed by atoms with van der Waals surface area (Å²) in [5.41, 5.74) is 8.66. The molecule has 3 aromatic carbocycles. The Bertz CT molecular complexity index is 1370. The number of methoxy groups -OCH3 is 1. The number of benzene rings is 3. The lowest BCUT2D eigenvalue weighted by molar-refractivity contribution is -0.118. The molecule has 0 radical (unpaired) electrons. The monoisotopic (exact) mass is 469 g/mol. The van der Waals surface area contributed by atoms with Crippen molar-refractivity contribution in [3.05, 3.63) is 117 Å². The Kier molecular flexibility index (Phi) is 5.65. The molecule has 1 aromatic heterocycles. The lowest BCUT2D eigenvalue weighted by Crippen LogP contribution is -2.47. The Labute approximate surface area is 201 Å². The summed E-state index contributed by atoms with van der Waals surface area (Å²) in [4.78, 5) is 26.1. The highest BCUT2D eigenvalue weighted by Gasteiger charge is 2.45. The molecule has 1 aliphatic rings. The summed E-state index contributed by atoms with van der Waals surface area (Å²) in [6, 6.07) is 26.4. The van der Waals surface area contributed by atoms with E-state index in [0.29, 0.717) is 21.9 Å². The van der Waals surface area contributed by atoms with Crippen LogP contribution in [0.2, 0.25) is 0 Å². The molecule has 0 saturated carbocycles. The Hall–Kier alpha value is -3.94. The Balaban J connectivity index is 1.84. The van der Waals surface area contributed by atoms with Crippen LogP contribution in [0.15, 0.2) is 90.3 Å². The van der Waals surface area contributed by atoms with Crippen LogP contribution < -0.4 is 21.1 Å². The van der Waals surface area contributed by atoms with Crippen molar-refractivity contribution < 1.29 is 14.3 Å². The summed E-state index contributed by atoms with van der Waals surface area (Å²) >= 11 is 1.23. The Morgan fingerprint density at radius 1 is 0.971 bits per heavy atom. The summed E-state index contributed by atoms with van der Waals surface area (Å²) in [7, 11) is 1.63. The third kappa shape index (κ3) is 3.55. The molecule has 2 atom stereocenters. The van der Waals surface area contributed by atoms with E-state index >= 15 is 0 Å². The van der Waals surface area contributed by atoms with E-state index in [0.717, 1.165) is 16.7 Å². The maximum absolute atomic E-state index is 13.6. The average molecular weight is 470 g/mol. The van der Waals surface area contributed by atoms with E-state index < -0.39 is 17.5 Å². The first-order chi connectivity index (χ1) is 16.5. The normalized spacial score (nSPS) is 19.6. The molecule has 2 heterocycles. The average Bonchev–Trinajstić information content (AvgIpc) is 3.31. The van der Waals surface area contributed by atoms with E-state index in [2.05, 4.69) is 10.6 Å². The van der Waals surface area contributed by atoms with Crippen LogP contribution in [0.25, 0.3) is 0 Å². The zero-order valence-corrected chi connectivity index (χ0v) is 19.3. The van der Waals surface area contributed by atoms with Crippen LogP contribution in [-0.4, -0.2) is 18.9 Å². The second kappa shape index (κ2) is 8.78. The molecule has 0 bridgehead atoms. The molecule has 5 rings (SSSR count). The lowest BCUT2D eigenvalue weighted by atomic mass is 9.75. The van der Waals surface area contributed by atoms with Crippen LogP contribution in [0, 0.1) is 0 Å². The number of carbonyl (C=O) groups excluding carboxylic acids is 2. The molecule has 2 amide bonds. The molecule has 1 aliphatic heterocycles. The summed E-state index contributed by atoms with van der Waals surface area (Å²) in [5.74, 6) is -0.136. The molecule has 34 heavy (non-hydrogen) atoms. The number of para-hydroxylation sites is 1. The first kappa shape index (κ1) is 21.9. The minimum absolute atomic E-state index is 0.269. The molecule has 0 fully saturated rings. The van der Waals surface area contributed by atoms with Crippen LogP contribution in [0.5, 0.6) is 5.75 Å². The number of nitrogens with one attached hydrogen (secondary N) is 2. The van der Waals surface area contributed by atoms with E-state index in [1.54, 1.807) is 18.6 Å². The predicted molar refractivity (Wildman–Crippen MR) is 133 cm³/mol. The Morgan fingerprint density at radius 2 is 1.71 bits per heavy atom. The van der Waals surface area contributed by atoms with Gasteiger partial charge in [0, 0.05) is 16.8 Å². The van der Waals surface area contributed by atoms with Gasteiger partial charge in [0.2, 0.25) is 5.91 Å². The zero-order valence-electron chi connectivity index (χ0n) is 18.4. The quantitative estimate of drug-likeness (QED) is 0.403. The van der Waals surface area contributed by atoms with Crippen molar-refractivity contribution in [3.8, 4) is 5.75 Å². The third-order valence-corrected chi connectivity index (χ3v) is 7.10. The molecule has 4 N–H and O–H groups in total. The van der Waals surface area contributed by atoms with Gasteiger partial charge in [0.25, 0.3) is 5.91 Å². The van der Waals surface area contributed by atoms with Crippen LogP contribution >= 0.6 is 11.3 Å². The van der Waals surface area contributed by atoms with Crippen molar-refractivity contribution >= 4 is 28.8 Å². The van der Waals surface area contributed by atoms with Crippen molar-refractivity contribution in [2.75, 3.05) is 12.4 Å². The first-order valence-electron chi connectivity index (χ1n) is 10.8. The van der Waals surface area contributed by atoms with Gasteiger partial charge >= 0.3 is 0 Å². The van der Waals surface area contributed by atoms with Crippen molar-refractivity contribution in [2.24, 2.45) is 5.73 Å². The molecule has 7 heteroatoms. The van der Waals surface area contributed by atoms with Gasteiger partial charge in [-0.05, 0) is 40.8 Å². The standard InChI is InChI=1S/C27H23N3O3S/c1-33-19-11-7-10-18(16-19)27(17-8-3-2-4-9-17)21-12-5-6-13-22(21)29-26(32)23(30-27)20-14-15-34-24(20)25(28)31/h2-16,23,30H,1H3,(H2,28,31)(H,29,32). The molecule has 170 valence electrons. The van der Waals surface area contributed by atoms with Gasteiger partial charge in [0.05, 0.1) is 17.5 Å². The van der Waals surface area contributed by atoms with Crippen LogP contribution in [0.4, 0.5) is 5.69 Å². The molecule has 0 saturated heterocycles. The second-order valence-electron chi connectivity index (χ2n) is 8.03. The maximum atomic E-state index is 13.6. The molecular weight excluding hydrogens is 446 g/mol. The second-order valence-corrected chi connectivity index (χ2v) is 8.95. The fraction of sp³-hybridized carbons (Fsp3) is 0.111. The number of fused-ring (bicyclic) bond motifs is 1. The number of amides is 2. The number of hydrogen-bond acceptors (Lipinski definition) is 5. The largest absolute Gasteiger partial charge is 0.497 e. The van der Waals surface area contributed by atoms with Gasteiger partial charge in [-0.25, -0.2) is 0 Å². The zero-order chi connectivity index (χ0) is 23.7. The number of rotatable bonds is 5. The topological polar surface area (TPSA) is 93.4 Å². The van der Waals surface area contributed by atoms with E-state index in [4.69, 9.17) is 10.5 Å². The van der Waals surface area contributed by atoms with Gasteiger partial charge in [0.1, 0.15) is 11.8 Å². The minimum atomic E-state index is -0.937. The third-order valence-electron chi connectivity index (χ3n) is 6.15. The van der Waals surface area contributed by atoms with Gasteiger partial charge < -0.3 is 15.8 Å². The van der Waals surface area contributed by atoms with Gasteiger partial charge in [-0.1, -0.05) is 60.7 Å². The number of primary amides is 1. The molecule has 0 spiro atoms. The van der Waals surface area contributed by atoms with Crippen LogP contribution in [0.3, 0.4) is 0 Å². The van der Waals surface area contributed by atoms with Crippen molar-refractivity contribution in [3.63, 3.8) is 0 Å². The van der Waals surface area contributed by atoms with Gasteiger partial charge in [-0.3, -0.25) is 14.9 Å². The number of hydrogen-bond donors (Lipinski definition) is 3. The van der Waals surface area contributed by atoms with Crippen LogP contribution in [0.1, 0.15) is 38.0 Å². The van der Waals surface area contributed by atoms with Gasteiger partial charge in [0.15, 0.2) is 0 Å². The summed E-state index contributed by atoms with van der Waals surface area (Å²) in [6.07, 6.45) is 0. The Morgan fingerprint density at radius 3 is 2.47 bits per heavy atom. The van der Waals surface area contributed by atoms with E-state index in [1.165, 1.54) is 11.3 Å². The highest BCUT2D eigenvalue weighted by Crippen LogP contribution is 2.45. The van der Waals surface area contributed by atoms with Crippen molar-refractivity contribution in [1.82, 2.24) is 5.32 Å². The van der Waals surface area contributed by atoms with E-state index in [1.807, 2.05) is 78.9 Å². The molecule has 4 aromatic rings. The molecule has 6 nitrogen and oxygen atoms in total. The van der Waals surface area contributed by atoms with Gasteiger partial charge in [-0.2, -0.15) is 0 Å². The predicted octanol–water partition coefficient (Wildman–Crippen LogP) is 4.43. The number of nitrogens with two attached hydrogens (primary N) is 1. The van der Waals surface area contributed by atoms with Crippen LogP contribution in [-0.2, 0) is 10.3 Å². The summed E-state index contributed by atoms with van der Waals surface area (Å²) < 4.78 is 5.55. The van der Waals surface area contributed by atoms with E-state index in [-0.39, 0.29) is 5.91 Å². The number of thiophene rings is 1. The van der Waals surface area contributed by atoms with Gasteiger partial charge in [-0.15, -0.1) is 11.3 Å². The first-order valence-corrected chi connectivity index (χ1v) is 11.7. The SMILES string of the molecule is COc1cccc(C2(c3ccccc3)NC(c3ccsc3C(N)=O)C(=O)Nc3ccccc32)c1. The fourth-order valence-electron chi connectivity index (χ4n) is 4.64. The number of anilines is 1. The highest BCUT2D eigenvalue weighted by molar-refractivity contribution is 7.12. The van der Waals surface area contributed by atoms with E-state index in [9.17, 15) is 9.59 Å². The van der Waals surface area contributed by atoms with Crippen molar-refractivity contribution in [1.29, 1.82) is 0 Å². The number of carbonyl (C=O) groups is 2.